The van der Waals surface area contributed by atoms with Crippen LogP contribution in [0.4, 0.5) is 0 Å². The molecule has 0 spiro atoms. The molecule has 0 aromatic heterocycles. The Morgan fingerprint density at radius 1 is 0.697 bits per heavy atom. The fraction of sp³-hybridized carbons (Fsp3) is 0.870. The van der Waals surface area contributed by atoms with Gasteiger partial charge in [0.05, 0.1) is 59.3 Å². The number of hydrogen-bond donors (Lipinski definition) is 1. The number of aliphatic carboxylic acids is 1. The monoisotopic (exact) mass is 478 g/mol. The van der Waals surface area contributed by atoms with Crippen molar-refractivity contribution in [2.45, 2.75) is 64.4 Å². The predicted molar refractivity (Wildman–Crippen MR) is 120 cm³/mol. The van der Waals surface area contributed by atoms with Crippen LogP contribution in [0.1, 0.15) is 58.3 Å². The summed E-state index contributed by atoms with van der Waals surface area (Å²) in [6, 6.07) is 0. The van der Waals surface area contributed by atoms with Gasteiger partial charge in [0.2, 0.25) is 0 Å². The number of ketones is 1. The number of carbonyl (C=O) groups excluding carboxylic acids is 2. The van der Waals surface area contributed by atoms with Crippen molar-refractivity contribution in [2.75, 3.05) is 66.6 Å². The molecule has 10 heteroatoms. The summed E-state index contributed by atoms with van der Waals surface area (Å²) in [5.41, 5.74) is 0. The average molecular weight is 479 g/mol. The smallest absolute Gasteiger partial charge is 0.345 e. The third-order valence-electron chi connectivity index (χ3n) is 4.52. The van der Waals surface area contributed by atoms with E-state index >= 15 is 0 Å². The Kier molecular flexibility index (Phi) is 22.4. The molecule has 1 N–H and O–H groups in total. The molecule has 0 amide bonds. The molecule has 0 radical (unpaired) electrons. The molecule has 0 aliphatic heterocycles. The summed E-state index contributed by atoms with van der Waals surface area (Å²) in [7, 11) is 1.62. The lowest BCUT2D eigenvalue weighted by atomic mass is 10.1. The summed E-state index contributed by atoms with van der Waals surface area (Å²) in [5.74, 6) is -1.88. The maximum absolute atomic E-state index is 11.9. The van der Waals surface area contributed by atoms with Gasteiger partial charge in [-0.2, -0.15) is 0 Å². The molecule has 0 saturated heterocycles. The molecule has 1 atom stereocenters. The number of Topliss-reactive ketones (excluding diaryl/α,β-unsaturated/α-hetero) is 1. The van der Waals surface area contributed by atoms with Gasteiger partial charge >= 0.3 is 11.9 Å². The van der Waals surface area contributed by atoms with E-state index in [0.717, 1.165) is 12.8 Å². The first-order valence-electron chi connectivity index (χ1n) is 11.7. The molecule has 0 heterocycles. The summed E-state index contributed by atoms with van der Waals surface area (Å²) < 4.78 is 31.3. The Labute approximate surface area is 197 Å². The largest absolute Gasteiger partial charge is 0.479 e. The van der Waals surface area contributed by atoms with Crippen LogP contribution in [0.15, 0.2) is 0 Å². The zero-order chi connectivity index (χ0) is 24.6. The van der Waals surface area contributed by atoms with Gasteiger partial charge in [0.1, 0.15) is 5.78 Å². The highest BCUT2D eigenvalue weighted by Crippen LogP contribution is 2.10. The molecule has 0 aromatic carbocycles. The second-order valence-corrected chi connectivity index (χ2v) is 7.40. The Hall–Kier alpha value is -1.59. The zero-order valence-electron chi connectivity index (χ0n) is 20.2. The third-order valence-corrected chi connectivity index (χ3v) is 4.52. The second kappa shape index (κ2) is 23.6. The molecule has 33 heavy (non-hydrogen) atoms. The van der Waals surface area contributed by atoms with Gasteiger partial charge in [0, 0.05) is 26.6 Å². The highest BCUT2D eigenvalue weighted by molar-refractivity contribution is 5.84. The van der Waals surface area contributed by atoms with Crippen LogP contribution < -0.4 is 0 Å². The standard InChI is InChI=1S/C23H42O10/c1-3-4-5-8-21(23(26)27)33-22(25)10-9-20(24)7-6-11-29-14-15-31-18-19-32-17-16-30-13-12-28-2/h21H,3-19H2,1-2H3,(H,26,27). The first-order chi connectivity index (χ1) is 16.0. The lowest BCUT2D eigenvalue weighted by Crippen LogP contribution is -2.27. The maximum atomic E-state index is 11.9. The van der Waals surface area contributed by atoms with Crippen molar-refractivity contribution in [3.8, 4) is 0 Å². The predicted octanol–water partition coefficient (Wildman–Crippen LogP) is 2.41. The van der Waals surface area contributed by atoms with Crippen LogP contribution in [0, 0.1) is 0 Å². The van der Waals surface area contributed by atoms with Crippen molar-refractivity contribution in [2.24, 2.45) is 0 Å². The van der Waals surface area contributed by atoms with Crippen molar-refractivity contribution in [3.63, 3.8) is 0 Å². The maximum Gasteiger partial charge on any atom is 0.345 e. The average Bonchev–Trinajstić information content (AvgIpc) is 2.79. The normalized spacial score (nSPS) is 11.9. The summed E-state index contributed by atoms with van der Waals surface area (Å²) in [4.78, 5) is 34.8. The molecule has 0 aliphatic carbocycles. The van der Waals surface area contributed by atoms with Crippen molar-refractivity contribution in [1.29, 1.82) is 0 Å². The van der Waals surface area contributed by atoms with Gasteiger partial charge < -0.3 is 33.5 Å². The molecule has 194 valence electrons. The van der Waals surface area contributed by atoms with Crippen molar-refractivity contribution < 1.29 is 47.9 Å². The summed E-state index contributed by atoms with van der Waals surface area (Å²) >= 11 is 0. The summed E-state index contributed by atoms with van der Waals surface area (Å²) in [5, 5.41) is 9.12. The van der Waals surface area contributed by atoms with Crippen LogP contribution in [0.2, 0.25) is 0 Å². The molecule has 0 saturated carbocycles. The highest BCUT2D eigenvalue weighted by atomic mass is 16.6. The van der Waals surface area contributed by atoms with E-state index in [-0.39, 0.29) is 18.6 Å². The number of unbranched alkanes of at least 4 members (excludes halogenated alkanes) is 2. The van der Waals surface area contributed by atoms with Crippen LogP contribution in [0.25, 0.3) is 0 Å². The van der Waals surface area contributed by atoms with E-state index < -0.39 is 18.0 Å². The highest BCUT2D eigenvalue weighted by Gasteiger charge is 2.21. The minimum atomic E-state index is -1.15. The quantitative estimate of drug-likeness (QED) is 0.154. The molecule has 0 aliphatic rings. The molecule has 0 rings (SSSR count). The van der Waals surface area contributed by atoms with E-state index in [1.54, 1.807) is 7.11 Å². The van der Waals surface area contributed by atoms with Gasteiger partial charge in [-0.3, -0.25) is 9.59 Å². The van der Waals surface area contributed by atoms with Gasteiger partial charge in [-0.05, 0) is 19.3 Å². The van der Waals surface area contributed by atoms with Crippen LogP contribution >= 0.6 is 0 Å². The zero-order valence-corrected chi connectivity index (χ0v) is 20.2. The minimum Gasteiger partial charge on any atom is -0.479 e. The lowest BCUT2D eigenvalue weighted by molar-refractivity contribution is -0.164. The van der Waals surface area contributed by atoms with Crippen molar-refractivity contribution >= 4 is 17.7 Å². The summed E-state index contributed by atoms with van der Waals surface area (Å²) in [6.07, 6.45) is 2.46. The molecule has 10 nitrogen and oxygen atoms in total. The first kappa shape index (κ1) is 31.4. The molecule has 0 bridgehead atoms. The fourth-order valence-corrected chi connectivity index (χ4v) is 2.67. The van der Waals surface area contributed by atoms with E-state index in [2.05, 4.69) is 0 Å². The number of carboxylic acids is 1. The van der Waals surface area contributed by atoms with Gasteiger partial charge in [0.25, 0.3) is 0 Å². The van der Waals surface area contributed by atoms with Gasteiger partial charge in [-0.1, -0.05) is 19.8 Å². The lowest BCUT2D eigenvalue weighted by Gasteiger charge is -2.13. The minimum absolute atomic E-state index is 0.0423. The van der Waals surface area contributed by atoms with Crippen molar-refractivity contribution in [3.05, 3.63) is 0 Å². The van der Waals surface area contributed by atoms with Crippen molar-refractivity contribution in [1.82, 2.24) is 0 Å². The Balaban J connectivity index is 3.53. The first-order valence-corrected chi connectivity index (χ1v) is 11.7. The molecular formula is C23H42O10. The Morgan fingerprint density at radius 2 is 1.24 bits per heavy atom. The number of esters is 1. The van der Waals surface area contributed by atoms with Crippen LogP contribution in [-0.4, -0.2) is 95.5 Å². The second-order valence-electron chi connectivity index (χ2n) is 7.40. The number of carbonyl (C=O) groups is 3. The third kappa shape index (κ3) is 22.0. The number of rotatable bonds is 25. The number of hydrogen-bond acceptors (Lipinski definition) is 9. The van der Waals surface area contributed by atoms with E-state index in [1.807, 2.05) is 6.92 Å². The number of ether oxygens (including phenoxy) is 6. The molecule has 0 fully saturated rings. The Bertz CT molecular complexity index is 498. The van der Waals surface area contributed by atoms with E-state index in [0.29, 0.717) is 85.1 Å². The van der Waals surface area contributed by atoms with Gasteiger partial charge in [-0.25, -0.2) is 4.79 Å². The Morgan fingerprint density at radius 3 is 1.76 bits per heavy atom. The van der Waals surface area contributed by atoms with Gasteiger partial charge in [-0.15, -0.1) is 0 Å². The topological polar surface area (TPSA) is 127 Å². The SMILES string of the molecule is CCCCCC(OC(=O)CCC(=O)CCCOCCOCCOCCOCCOC)C(=O)O. The van der Waals surface area contributed by atoms with Gasteiger partial charge in [0.15, 0.2) is 6.10 Å². The van der Waals surface area contributed by atoms with Crippen LogP contribution in [0.3, 0.4) is 0 Å². The van der Waals surface area contributed by atoms with E-state index in [4.69, 9.17) is 33.5 Å². The summed E-state index contributed by atoms with van der Waals surface area (Å²) in [6.45, 7) is 6.40. The molecular weight excluding hydrogens is 436 g/mol. The van der Waals surface area contributed by atoms with Crippen LogP contribution in [0.5, 0.6) is 0 Å². The molecule has 0 aromatic rings. The van der Waals surface area contributed by atoms with E-state index in [9.17, 15) is 14.4 Å². The fourth-order valence-electron chi connectivity index (χ4n) is 2.67. The number of methoxy groups -OCH3 is 1. The molecule has 1 unspecified atom stereocenters. The van der Waals surface area contributed by atoms with E-state index in [1.165, 1.54) is 0 Å². The van der Waals surface area contributed by atoms with Crippen LogP contribution in [-0.2, 0) is 42.8 Å². The number of carboxylic acid groups (broad SMARTS) is 1.